The third-order valence-electron chi connectivity index (χ3n) is 2.79. The van der Waals surface area contributed by atoms with Crippen LogP contribution in [0.15, 0.2) is 48.5 Å². The quantitative estimate of drug-likeness (QED) is 0.373. The normalized spacial score (nSPS) is 9.86. The van der Waals surface area contributed by atoms with Gasteiger partial charge in [0.25, 0.3) is 5.69 Å². The molecule has 0 saturated heterocycles. The second-order valence-electron chi connectivity index (χ2n) is 4.18. The molecule has 2 aromatic rings. The first-order valence-corrected chi connectivity index (χ1v) is 6.17. The Kier molecular flexibility index (Phi) is 4.47. The van der Waals surface area contributed by atoms with Crippen molar-refractivity contribution in [3.05, 3.63) is 69.8 Å². The number of hydrogen-bond acceptors (Lipinski definition) is 6. The zero-order valence-electron chi connectivity index (χ0n) is 11.5. The lowest BCUT2D eigenvalue weighted by atomic mass is 10.2. The van der Waals surface area contributed by atoms with Gasteiger partial charge in [-0.1, -0.05) is 18.2 Å². The molecule has 7 nitrogen and oxygen atoms in total. The molecule has 112 valence electrons. The molecule has 0 saturated carbocycles. The number of hydrogen-bond donors (Lipinski definition) is 0. The number of benzene rings is 2. The molecule has 0 aliphatic rings. The van der Waals surface area contributed by atoms with Gasteiger partial charge in [-0.3, -0.25) is 10.1 Å². The van der Waals surface area contributed by atoms with Crippen molar-refractivity contribution in [2.75, 3.05) is 7.11 Å². The minimum absolute atomic E-state index is 0.00821. The van der Waals surface area contributed by atoms with Crippen LogP contribution in [0.4, 0.5) is 5.69 Å². The highest BCUT2D eigenvalue weighted by Gasteiger charge is 2.18. The van der Waals surface area contributed by atoms with Crippen LogP contribution in [0.1, 0.15) is 20.7 Å². The first-order valence-electron chi connectivity index (χ1n) is 6.17. The number of para-hydroxylation sites is 1. The molecule has 0 aliphatic heterocycles. The van der Waals surface area contributed by atoms with Gasteiger partial charge >= 0.3 is 11.9 Å². The maximum Gasteiger partial charge on any atom is 0.343 e. The summed E-state index contributed by atoms with van der Waals surface area (Å²) >= 11 is 0. The topological polar surface area (TPSA) is 95.7 Å². The summed E-state index contributed by atoms with van der Waals surface area (Å²) in [7, 11) is 1.21. The molecule has 0 heterocycles. The van der Waals surface area contributed by atoms with Crippen LogP contribution in [-0.4, -0.2) is 24.0 Å². The first-order chi connectivity index (χ1) is 10.5. The molecule has 0 aliphatic carbocycles. The number of rotatable bonds is 4. The second kappa shape index (κ2) is 6.49. The zero-order chi connectivity index (χ0) is 16.1. The van der Waals surface area contributed by atoms with E-state index in [9.17, 15) is 19.7 Å². The molecular weight excluding hydrogens is 290 g/mol. The molecule has 0 atom stereocenters. The summed E-state index contributed by atoms with van der Waals surface area (Å²) in [6.07, 6.45) is 0. The van der Waals surface area contributed by atoms with Crippen LogP contribution in [0.3, 0.4) is 0 Å². The van der Waals surface area contributed by atoms with Crippen molar-refractivity contribution in [1.29, 1.82) is 0 Å². The van der Waals surface area contributed by atoms with E-state index in [-0.39, 0.29) is 22.6 Å². The first kappa shape index (κ1) is 15.2. The number of carbonyl (C=O) groups is 2. The number of ether oxygens (including phenoxy) is 2. The van der Waals surface area contributed by atoms with Crippen molar-refractivity contribution in [3.8, 4) is 5.75 Å². The van der Waals surface area contributed by atoms with Gasteiger partial charge in [0.2, 0.25) is 0 Å². The summed E-state index contributed by atoms with van der Waals surface area (Å²) in [4.78, 5) is 33.7. The number of esters is 2. The van der Waals surface area contributed by atoms with E-state index in [2.05, 4.69) is 4.74 Å². The van der Waals surface area contributed by atoms with Gasteiger partial charge < -0.3 is 9.47 Å². The molecule has 0 bridgehead atoms. The minimum atomic E-state index is -0.806. The summed E-state index contributed by atoms with van der Waals surface area (Å²) in [6, 6.07) is 11.2. The fourth-order valence-corrected chi connectivity index (χ4v) is 1.74. The zero-order valence-corrected chi connectivity index (χ0v) is 11.5. The molecule has 22 heavy (non-hydrogen) atoms. The number of nitro benzene ring substituents is 1. The van der Waals surface area contributed by atoms with E-state index < -0.39 is 16.9 Å². The van der Waals surface area contributed by atoms with Crippen molar-refractivity contribution in [3.63, 3.8) is 0 Å². The number of non-ortho nitro benzene ring substituents is 1. The SMILES string of the molecule is COC(=O)c1ccccc1OC(=O)c1cccc([N+](=O)[O-])c1. The van der Waals surface area contributed by atoms with Crippen molar-refractivity contribution >= 4 is 17.6 Å². The predicted octanol–water partition coefficient (Wildman–Crippen LogP) is 2.60. The van der Waals surface area contributed by atoms with Crippen LogP contribution in [0, 0.1) is 10.1 Å². The standard InChI is InChI=1S/C15H11NO6/c1-21-15(18)12-7-2-3-8-13(12)22-14(17)10-5-4-6-11(9-10)16(19)20/h2-9H,1H3. The Morgan fingerprint density at radius 3 is 2.45 bits per heavy atom. The fraction of sp³-hybridized carbons (Fsp3) is 0.0667. The summed E-state index contributed by atoms with van der Waals surface area (Å²) in [5.41, 5.74) is -0.131. The molecule has 7 heteroatoms. The Labute approximate surface area is 125 Å². The highest BCUT2D eigenvalue weighted by atomic mass is 16.6. The smallest absolute Gasteiger partial charge is 0.343 e. The summed E-state index contributed by atoms with van der Waals surface area (Å²) < 4.78 is 9.72. The van der Waals surface area contributed by atoms with Crippen LogP contribution in [0.5, 0.6) is 5.75 Å². The second-order valence-corrected chi connectivity index (χ2v) is 4.18. The van der Waals surface area contributed by atoms with Crippen molar-refractivity contribution < 1.29 is 24.0 Å². The highest BCUT2D eigenvalue weighted by molar-refractivity contribution is 5.96. The lowest BCUT2D eigenvalue weighted by Gasteiger charge is -2.08. The van der Waals surface area contributed by atoms with Crippen molar-refractivity contribution in [1.82, 2.24) is 0 Å². The number of methoxy groups -OCH3 is 1. The van der Waals surface area contributed by atoms with Crippen molar-refractivity contribution in [2.45, 2.75) is 0 Å². The maximum atomic E-state index is 12.1. The molecule has 0 unspecified atom stereocenters. The molecule has 2 aromatic carbocycles. The lowest BCUT2D eigenvalue weighted by Crippen LogP contribution is -2.12. The van der Waals surface area contributed by atoms with Gasteiger partial charge in [0.1, 0.15) is 11.3 Å². The Hall–Kier alpha value is -3.22. The van der Waals surface area contributed by atoms with Crippen LogP contribution >= 0.6 is 0 Å². The highest BCUT2D eigenvalue weighted by Crippen LogP contribution is 2.21. The van der Waals surface area contributed by atoms with Crippen LogP contribution in [0.2, 0.25) is 0 Å². The molecular formula is C15H11NO6. The fourth-order valence-electron chi connectivity index (χ4n) is 1.74. The van der Waals surface area contributed by atoms with E-state index in [4.69, 9.17) is 4.74 Å². The number of nitro groups is 1. The largest absolute Gasteiger partial charge is 0.465 e. The van der Waals surface area contributed by atoms with Gasteiger partial charge in [-0.15, -0.1) is 0 Å². The molecule has 0 spiro atoms. The van der Waals surface area contributed by atoms with Crippen LogP contribution in [0.25, 0.3) is 0 Å². The third-order valence-corrected chi connectivity index (χ3v) is 2.79. The summed E-state index contributed by atoms with van der Waals surface area (Å²) in [5, 5.41) is 10.7. The van der Waals surface area contributed by atoms with E-state index >= 15 is 0 Å². The third kappa shape index (κ3) is 3.26. The number of nitrogens with zero attached hydrogens (tertiary/aromatic N) is 1. The maximum absolute atomic E-state index is 12.1. The van der Waals surface area contributed by atoms with Gasteiger partial charge in [0.05, 0.1) is 17.6 Å². The molecule has 2 rings (SSSR count). The Balaban J connectivity index is 2.28. The molecule has 0 radical (unpaired) electrons. The molecule has 0 N–H and O–H groups in total. The van der Waals surface area contributed by atoms with E-state index in [0.29, 0.717) is 0 Å². The predicted molar refractivity (Wildman–Crippen MR) is 75.8 cm³/mol. The Morgan fingerprint density at radius 2 is 1.77 bits per heavy atom. The van der Waals surface area contributed by atoms with E-state index in [0.717, 1.165) is 6.07 Å². The molecule has 0 aromatic heterocycles. The molecule has 0 amide bonds. The monoisotopic (exact) mass is 301 g/mol. The Morgan fingerprint density at radius 1 is 1.05 bits per heavy atom. The minimum Gasteiger partial charge on any atom is -0.465 e. The van der Waals surface area contributed by atoms with E-state index in [1.807, 2.05) is 0 Å². The van der Waals surface area contributed by atoms with Gasteiger partial charge in [-0.25, -0.2) is 9.59 Å². The summed E-state index contributed by atoms with van der Waals surface area (Å²) in [6.45, 7) is 0. The lowest BCUT2D eigenvalue weighted by molar-refractivity contribution is -0.384. The van der Waals surface area contributed by atoms with E-state index in [1.165, 1.54) is 37.4 Å². The van der Waals surface area contributed by atoms with Gasteiger partial charge in [-0.2, -0.15) is 0 Å². The average molecular weight is 301 g/mol. The van der Waals surface area contributed by atoms with Gasteiger partial charge in [-0.05, 0) is 18.2 Å². The van der Waals surface area contributed by atoms with E-state index in [1.54, 1.807) is 12.1 Å². The van der Waals surface area contributed by atoms with Crippen LogP contribution < -0.4 is 4.74 Å². The Bertz CT molecular complexity index is 740. The number of carbonyl (C=O) groups excluding carboxylic acids is 2. The van der Waals surface area contributed by atoms with Crippen molar-refractivity contribution in [2.24, 2.45) is 0 Å². The van der Waals surface area contributed by atoms with Crippen LogP contribution in [-0.2, 0) is 4.74 Å². The van der Waals surface area contributed by atoms with Gasteiger partial charge in [0, 0.05) is 12.1 Å². The van der Waals surface area contributed by atoms with Gasteiger partial charge in [0.15, 0.2) is 0 Å². The summed E-state index contributed by atoms with van der Waals surface area (Å²) in [5.74, 6) is -1.44. The average Bonchev–Trinajstić information content (AvgIpc) is 2.54. The molecule has 0 fully saturated rings.